The highest BCUT2D eigenvalue weighted by Crippen LogP contribution is 2.14. The Hall–Kier alpha value is -1.99. The zero-order valence-electron chi connectivity index (χ0n) is 14.4. The number of halogens is 1. The summed E-state index contributed by atoms with van der Waals surface area (Å²) in [6, 6.07) is 6.61. The number of carbonyl (C=O) groups excluding carboxylic acids is 2. The average molecular weight is 348 g/mol. The molecule has 3 rings (SSSR count). The molecule has 2 aliphatic rings. The number of nitrogens with one attached hydrogen (secondary N) is 3. The van der Waals surface area contributed by atoms with Gasteiger partial charge in [-0.25, -0.2) is 4.39 Å². The molecule has 0 aromatic heterocycles. The Balaban J connectivity index is 1.45. The summed E-state index contributed by atoms with van der Waals surface area (Å²) in [7, 11) is 0. The van der Waals surface area contributed by atoms with Gasteiger partial charge >= 0.3 is 0 Å². The van der Waals surface area contributed by atoms with Crippen LogP contribution in [0.4, 0.5) is 4.39 Å². The van der Waals surface area contributed by atoms with Gasteiger partial charge in [0.15, 0.2) is 0 Å². The predicted molar refractivity (Wildman–Crippen MR) is 92.0 cm³/mol. The lowest BCUT2D eigenvalue weighted by Crippen LogP contribution is -2.65. The lowest BCUT2D eigenvalue weighted by molar-refractivity contribution is -0.127. The van der Waals surface area contributed by atoms with Crippen molar-refractivity contribution in [2.45, 2.75) is 51.0 Å². The van der Waals surface area contributed by atoms with Gasteiger partial charge in [-0.1, -0.05) is 18.2 Å². The summed E-state index contributed by atoms with van der Waals surface area (Å²) < 4.78 is 13.6. The van der Waals surface area contributed by atoms with E-state index in [9.17, 15) is 14.0 Å². The second kappa shape index (κ2) is 7.93. The van der Waals surface area contributed by atoms with E-state index in [0.717, 1.165) is 25.9 Å². The molecule has 2 fully saturated rings. The minimum atomic E-state index is -0.347. The predicted octanol–water partition coefficient (Wildman–Crippen LogP) is 0.730. The molecule has 25 heavy (non-hydrogen) atoms. The first-order valence-corrected chi connectivity index (χ1v) is 8.83. The summed E-state index contributed by atoms with van der Waals surface area (Å²) in [4.78, 5) is 26.0. The van der Waals surface area contributed by atoms with Crippen LogP contribution in [0.1, 0.15) is 31.7 Å². The highest BCUT2D eigenvalue weighted by molar-refractivity contribution is 5.79. The van der Waals surface area contributed by atoms with Crippen LogP contribution in [0.25, 0.3) is 0 Å². The molecule has 6 nitrogen and oxygen atoms in total. The Morgan fingerprint density at radius 1 is 1.32 bits per heavy atom. The Kier molecular flexibility index (Phi) is 5.65. The topological polar surface area (TPSA) is 73.5 Å². The SMILES string of the molecule is CC1CC(=O)NC(N2CCC(NC(=O)Cc3ccccc3F)CC2)N1. The fourth-order valence-corrected chi connectivity index (χ4v) is 3.45. The molecule has 7 heteroatoms. The van der Waals surface area contributed by atoms with Crippen molar-refractivity contribution in [3.63, 3.8) is 0 Å². The third-order valence-corrected chi connectivity index (χ3v) is 4.80. The quantitative estimate of drug-likeness (QED) is 0.750. The maximum Gasteiger partial charge on any atom is 0.224 e. The van der Waals surface area contributed by atoms with Crippen LogP contribution in [-0.2, 0) is 16.0 Å². The normalized spacial score (nSPS) is 25.4. The number of hydrogen-bond acceptors (Lipinski definition) is 4. The fraction of sp³-hybridized carbons (Fsp3) is 0.556. The van der Waals surface area contributed by atoms with Crippen LogP contribution in [-0.4, -0.2) is 48.2 Å². The van der Waals surface area contributed by atoms with Gasteiger partial charge in [-0.3, -0.25) is 19.8 Å². The molecular weight excluding hydrogens is 323 g/mol. The molecule has 136 valence electrons. The molecule has 2 unspecified atom stereocenters. The summed E-state index contributed by atoms with van der Waals surface area (Å²) in [5.41, 5.74) is 0.417. The van der Waals surface area contributed by atoms with Crippen LogP contribution in [0.3, 0.4) is 0 Å². The summed E-state index contributed by atoms with van der Waals surface area (Å²) in [5, 5.41) is 9.33. The van der Waals surface area contributed by atoms with E-state index in [4.69, 9.17) is 0 Å². The molecule has 2 amide bonds. The number of piperidine rings is 1. The van der Waals surface area contributed by atoms with E-state index < -0.39 is 0 Å². The molecule has 2 saturated heterocycles. The van der Waals surface area contributed by atoms with Gasteiger partial charge in [0.1, 0.15) is 12.1 Å². The number of rotatable bonds is 4. The summed E-state index contributed by atoms with van der Waals surface area (Å²) in [5.74, 6) is -0.432. The average Bonchev–Trinajstić information content (AvgIpc) is 2.57. The second-order valence-corrected chi connectivity index (χ2v) is 6.89. The number of likely N-dealkylation sites (tertiary alicyclic amines) is 1. The highest BCUT2D eigenvalue weighted by atomic mass is 19.1. The van der Waals surface area contributed by atoms with E-state index in [-0.39, 0.29) is 42.4 Å². The molecule has 2 atom stereocenters. The van der Waals surface area contributed by atoms with E-state index in [2.05, 4.69) is 20.9 Å². The monoisotopic (exact) mass is 348 g/mol. The molecule has 2 heterocycles. The Morgan fingerprint density at radius 2 is 2.04 bits per heavy atom. The summed E-state index contributed by atoms with van der Waals surface area (Å²) in [6.07, 6.45) is 2.05. The zero-order valence-corrected chi connectivity index (χ0v) is 14.4. The largest absolute Gasteiger partial charge is 0.353 e. The third-order valence-electron chi connectivity index (χ3n) is 4.80. The van der Waals surface area contributed by atoms with Crippen molar-refractivity contribution in [1.29, 1.82) is 0 Å². The van der Waals surface area contributed by atoms with E-state index in [1.807, 2.05) is 6.92 Å². The summed E-state index contributed by atoms with van der Waals surface area (Å²) in [6.45, 7) is 3.58. The van der Waals surface area contributed by atoms with Gasteiger partial charge in [-0.05, 0) is 31.4 Å². The van der Waals surface area contributed by atoms with Crippen molar-refractivity contribution < 1.29 is 14.0 Å². The lowest BCUT2D eigenvalue weighted by atomic mass is 10.0. The van der Waals surface area contributed by atoms with Gasteiger partial charge in [-0.15, -0.1) is 0 Å². The fourth-order valence-electron chi connectivity index (χ4n) is 3.45. The zero-order chi connectivity index (χ0) is 17.8. The second-order valence-electron chi connectivity index (χ2n) is 6.89. The molecule has 0 spiro atoms. The maximum absolute atomic E-state index is 13.6. The molecule has 1 aromatic carbocycles. The van der Waals surface area contributed by atoms with Crippen LogP contribution in [0.5, 0.6) is 0 Å². The van der Waals surface area contributed by atoms with Crippen LogP contribution in [0.2, 0.25) is 0 Å². The van der Waals surface area contributed by atoms with Gasteiger partial charge in [0, 0.05) is 31.6 Å². The van der Waals surface area contributed by atoms with E-state index in [1.165, 1.54) is 6.07 Å². The maximum atomic E-state index is 13.6. The lowest BCUT2D eigenvalue weighted by Gasteiger charge is -2.41. The van der Waals surface area contributed by atoms with Gasteiger partial charge in [0.25, 0.3) is 0 Å². The van der Waals surface area contributed by atoms with E-state index in [1.54, 1.807) is 18.2 Å². The van der Waals surface area contributed by atoms with Gasteiger partial charge in [0.2, 0.25) is 11.8 Å². The number of carbonyl (C=O) groups is 2. The van der Waals surface area contributed by atoms with Crippen molar-refractivity contribution in [3.8, 4) is 0 Å². The van der Waals surface area contributed by atoms with Gasteiger partial charge in [-0.2, -0.15) is 0 Å². The van der Waals surface area contributed by atoms with Crippen LogP contribution >= 0.6 is 0 Å². The standard InChI is InChI=1S/C18H25FN4O2/c1-12-10-16(24)22-18(20-12)23-8-6-14(7-9-23)21-17(25)11-13-4-2-3-5-15(13)19/h2-5,12,14,18,20H,6-11H2,1H3,(H,21,25)(H,22,24). The minimum absolute atomic E-state index is 0.0602. The molecule has 0 bridgehead atoms. The van der Waals surface area contributed by atoms with Crippen molar-refractivity contribution in [2.24, 2.45) is 0 Å². The van der Waals surface area contributed by atoms with Crippen molar-refractivity contribution in [2.75, 3.05) is 13.1 Å². The number of amides is 2. The number of hydrogen-bond donors (Lipinski definition) is 3. The van der Waals surface area contributed by atoms with E-state index >= 15 is 0 Å². The smallest absolute Gasteiger partial charge is 0.224 e. The Bertz CT molecular complexity index is 631. The Morgan fingerprint density at radius 3 is 2.72 bits per heavy atom. The van der Waals surface area contributed by atoms with E-state index in [0.29, 0.717) is 12.0 Å². The van der Waals surface area contributed by atoms with Crippen molar-refractivity contribution in [3.05, 3.63) is 35.6 Å². The molecule has 2 aliphatic heterocycles. The molecule has 0 radical (unpaired) electrons. The van der Waals surface area contributed by atoms with Gasteiger partial charge < -0.3 is 10.6 Å². The molecular formula is C18H25FN4O2. The third kappa shape index (κ3) is 4.76. The van der Waals surface area contributed by atoms with Crippen molar-refractivity contribution >= 4 is 11.8 Å². The number of benzene rings is 1. The first-order chi connectivity index (χ1) is 12.0. The first-order valence-electron chi connectivity index (χ1n) is 8.83. The Labute approximate surface area is 147 Å². The summed E-state index contributed by atoms with van der Waals surface area (Å²) >= 11 is 0. The number of nitrogens with zero attached hydrogens (tertiary/aromatic N) is 1. The van der Waals surface area contributed by atoms with Crippen LogP contribution < -0.4 is 16.0 Å². The van der Waals surface area contributed by atoms with Crippen LogP contribution in [0.15, 0.2) is 24.3 Å². The van der Waals surface area contributed by atoms with Crippen molar-refractivity contribution in [1.82, 2.24) is 20.9 Å². The molecule has 3 N–H and O–H groups in total. The first kappa shape index (κ1) is 17.8. The molecule has 1 aromatic rings. The van der Waals surface area contributed by atoms with Gasteiger partial charge in [0.05, 0.1) is 6.42 Å². The molecule has 0 aliphatic carbocycles. The highest BCUT2D eigenvalue weighted by Gasteiger charge is 2.30. The van der Waals surface area contributed by atoms with Crippen LogP contribution in [0, 0.1) is 5.82 Å². The molecule has 0 saturated carbocycles. The minimum Gasteiger partial charge on any atom is -0.353 e.